The molecule has 5 heteroatoms. The molecule has 12 rings (SSSR count). The Balaban J connectivity index is 1.04. The fraction of sp³-hybridized carbons (Fsp3) is 0.150. The largest absolute Gasteiger partial charge is 0.309 e. The number of benzene rings is 8. The maximum atomic E-state index is 5.38. The smallest absolute Gasteiger partial charge is 0.179 e. The number of rotatable bonds is 8. The summed E-state index contributed by atoms with van der Waals surface area (Å²) in [4.78, 5) is 15.9. The van der Waals surface area contributed by atoms with E-state index in [1.165, 1.54) is 73.8 Å². The lowest BCUT2D eigenvalue weighted by Crippen LogP contribution is -2.74. The second-order valence-electron chi connectivity index (χ2n) is 18.7. The highest BCUT2D eigenvalue weighted by molar-refractivity contribution is 7.19. The Hall–Kier alpha value is -7.21. The van der Waals surface area contributed by atoms with E-state index in [1.807, 2.05) is 6.07 Å². The summed E-state index contributed by atoms with van der Waals surface area (Å²) in [5.74, 6) is 3.29. The molecule has 2 heterocycles. The van der Waals surface area contributed by atoms with Crippen LogP contribution in [0.2, 0.25) is 0 Å². The van der Waals surface area contributed by atoms with Crippen LogP contribution >= 0.6 is 0 Å². The Morgan fingerprint density at radius 3 is 1.60 bits per heavy atom. The molecular weight excluding hydrogens is 805 g/mol. The highest BCUT2D eigenvalue weighted by Gasteiger charge is 2.47. The van der Waals surface area contributed by atoms with E-state index < -0.39 is 8.07 Å². The molecule has 8 aromatic carbocycles. The van der Waals surface area contributed by atoms with Crippen LogP contribution in [0.3, 0.4) is 0 Å². The summed E-state index contributed by atoms with van der Waals surface area (Å²) in [5, 5.41) is 7.87. The standard InChI is InChI=1S/C60H50N4Si/c1-60(2)53-35-17-15-33-49(53)51-39-52-50-34-16-18-36-55(50)64(56(52)40-54(51)60)44-25-19-23-42(37-44)58-61-57(41-21-7-3-8-22-41)62-59(63-58)43-24-20-32-48(38-43)65(45-26-9-4-10-27-45,46-28-11-5-12-29-46)47-30-13-6-14-31-47/h3-14,16,18-32,34,36-40,49,53H,15,17,33,35H2,1-2H3. The number of fused-ring (bicyclic) bond motifs is 6. The van der Waals surface area contributed by atoms with Crippen molar-refractivity contribution in [2.75, 3.05) is 0 Å². The van der Waals surface area contributed by atoms with Crippen LogP contribution < -0.4 is 20.7 Å². The van der Waals surface area contributed by atoms with Crippen LogP contribution in [-0.2, 0) is 5.41 Å². The van der Waals surface area contributed by atoms with Crippen molar-refractivity contribution >= 4 is 50.6 Å². The lowest BCUT2D eigenvalue weighted by molar-refractivity contribution is 0.233. The highest BCUT2D eigenvalue weighted by atomic mass is 28.3. The van der Waals surface area contributed by atoms with Gasteiger partial charge < -0.3 is 4.57 Å². The summed E-state index contributed by atoms with van der Waals surface area (Å²) in [6, 6.07) is 75.3. The summed E-state index contributed by atoms with van der Waals surface area (Å²) in [7, 11) is -2.80. The molecule has 0 aliphatic heterocycles. The van der Waals surface area contributed by atoms with Gasteiger partial charge in [-0.1, -0.05) is 203 Å². The van der Waals surface area contributed by atoms with Crippen molar-refractivity contribution in [3.8, 4) is 39.9 Å². The number of aromatic nitrogens is 4. The molecule has 65 heavy (non-hydrogen) atoms. The van der Waals surface area contributed by atoms with Crippen LogP contribution in [0.5, 0.6) is 0 Å². The van der Waals surface area contributed by atoms with Gasteiger partial charge in [0.15, 0.2) is 25.5 Å². The minimum atomic E-state index is -2.80. The van der Waals surface area contributed by atoms with Gasteiger partial charge in [-0.2, -0.15) is 0 Å². The lowest BCUT2D eigenvalue weighted by Gasteiger charge is -2.34. The molecule has 1 fully saturated rings. The zero-order valence-electron chi connectivity index (χ0n) is 36.9. The Morgan fingerprint density at radius 1 is 0.446 bits per heavy atom. The number of hydrogen-bond donors (Lipinski definition) is 0. The molecule has 0 amide bonds. The van der Waals surface area contributed by atoms with E-state index in [2.05, 4.69) is 219 Å². The normalized spacial score (nSPS) is 16.6. The molecule has 10 aromatic rings. The minimum Gasteiger partial charge on any atom is -0.309 e. The highest BCUT2D eigenvalue weighted by Crippen LogP contribution is 2.57. The molecule has 2 atom stereocenters. The monoisotopic (exact) mass is 854 g/mol. The fourth-order valence-corrected chi connectivity index (χ4v) is 16.6. The van der Waals surface area contributed by atoms with Gasteiger partial charge >= 0.3 is 0 Å². The van der Waals surface area contributed by atoms with Crippen molar-refractivity contribution in [2.24, 2.45) is 5.92 Å². The molecule has 2 unspecified atom stereocenters. The van der Waals surface area contributed by atoms with Gasteiger partial charge in [0.2, 0.25) is 0 Å². The Labute approximate surface area is 382 Å². The first-order valence-corrected chi connectivity index (χ1v) is 25.3. The summed E-state index contributed by atoms with van der Waals surface area (Å²) in [6.45, 7) is 4.99. The van der Waals surface area contributed by atoms with Crippen LogP contribution in [0.25, 0.3) is 61.7 Å². The zero-order valence-corrected chi connectivity index (χ0v) is 37.9. The molecule has 2 aliphatic rings. The van der Waals surface area contributed by atoms with E-state index in [1.54, 1.807) is 5.56 Å². The molecule has 1 saturated carbocycles. The second kappa shape index (κ2) is 15.8. The SMILES string of the molecule is CC1(C)c2cc3c(cc2C2CCCCC21)c1ccccc1n3-c1cccc(-c2nc(-c3ccccc3)nc(-c3cccc([Si](c4ccccc4)(c4ccccc4)c4ccccc4)c3)n2)c1. The first kappa shape index (κ1) is 39.4. The van der Waals surface area contributed by atoms with Gasteiger partial charge in [-0.05, 0) is 92.3 Å². The van der Waals surface area contributed by atoms with Crippen LogP contribution in [0.1, 0.15) is 56.6 Å². The summed E-state index contributed by atoms with van der Waals surface area (Å²) in [6.07, 6.45) is 5.29. The van der Waals surface area contributed by atoms with Crippen molar-refractivity contribution in [3.05, 3.63) is 217 Å². The van der Waals surface area contributed by atoms with Gasteiger partial charge in [0.1, 0.15) is 0 Å². The van der Waals surface area contributed by atoms with E-state index >= 15 is 0 Å². The van der Waals surface area contributed by atoms with Gasteiger partial charge in [-0.15, -0.1) is 0 Å². The van der Waals surface area contributed by atoms with Crippen LogP contribution in [0, 0.1) is 5.92 Å². The molecular formula is C60H50N4Si. The minimum absolute atomic E-state index is 0.135. The molecule has 2 aromatic heterocycles. The average Bonchev–Trinajstić information content (AvgIpc) is 3.82. The number of nitrogens with zero attached hydrogens (tertiary/aromatic N) is 4. The third kappa shape index (κ3) is 6.43. The maximum absolute atomic E-state index is 5.38. The predicted molar refractivity (Wildman–Crippen MR) is 272 cm³/mol. The first-order valence-electron chi connectivity index (χ1n) is 23.3. The molecule has 314 valence electrons. The molecule has 2 aliphatic carbocycles. The van der Waals surface area contributed by atoms with Gasteiger partial charge in [0, 0.05) is 33.2 Å². The summed E-state index contributed by atoms with van der Waals surface area (Å²) in [5.41, 5.74) is 9.65. The van der Waals surface area contributed by atoms with E-state index in [4.69, 9.17) is 15.0 Å². The van der Waals surface area contributed by atoms with Crippen molar-refractivity contribution in [2.45, 2.75) is 50.9 Å². The maximum Gasteiger partial charge on any atom is 0.179 e. The molecule has 0 N–H and O–H groups in total. The quantitative estimate of drug-likeness (QED) is 0.113. The van der Waals surface area contributed by atoms with E-state index in [0.29, 0.717) is 29.3 Å². The van der Waals surface area contributed by atoms with E-state index in [0.717, 1.165) is 22.4 Å². The van der Waals surface area contributed by atoms with Crippen LogP contribution in [0.15, 0.2) is 206 Å². The predicted octanol–water partition coefficient (Wildman–Crippen LogP) is 11.9. The summed E-state index contributed by atoms with van der Waals surface area (Å²) >= 11 is 0. The van der Waals surface area contributed by atoms with Crippen molar-refractivity contribution in [3.63, 3.8) is 0 Å². The molecule has 0 spiro atoms. The Kier molecular flexibility index (Phi) is 9.57. The topological polar surface area (TPSA) is 43.6 Å². The van der Waals surface area contributed by atoms with Gasteiger partial charge in [-0.25, -0.2) is 15.0 Å². The molecule has 0 bridgehead atoms. The van der Waals surface area contributed by atoms with Gasteiger partial charge in [-0.3, -0.25) is 0 Å². The average molecular weight is 855 g/mol. The van der Waals surface area contributed by atoms with E-state index in [9.17, 15) is 0 Å². The van der Waals surface area contributed by atoms with Crippen LogP contribution in [-0.4, -0.2) is 27.6 Å². The third-order valence-corrected chi connectivity index (χ3v) is 19.6. The van der Waals surface area contributed by atoms with Crippen LogP contribution in [0.4, 0.5) is 0 Å². The van der Waals surface area contributed by atoms with Crippen molar-refractivity contribution in [1.82, 2.24) is 19.5 Å². The van der Waals surface area contributed by atoms with Crippen molar-refractivity contribution < 1.29 is 0 Å². The molecule has 0 saturated heterocycles. The Morgan fingerprint density at radius 2 is 0.954 bits per heavy atom. The Bertz CT molecular complexity index is 3260. The molecule has 0 radical (unpaired) electrons. The fourth-order valence-electron chi connectivity index (χ4n) is 11.8. The number of hydrogen-bond acceptors (Lipinski definition) is 3. The summed E-state index contributed by atoms with van der Waals surface area (Å²) < 4.78 is 2.47. The third-order valence-electron chi connectivity index (χ3n) is 14.8. The van der Waals surface area contributed by atoms with Gasteiger partial charge in [0.25, 0.3) is 0 Å². The molecule has 4 nitrogen and oxygen atoms in total. The number of para-hydroxylation sites is 1. The van der Waals surface area contributed by atoms with E-state index in [-0.39, 0.29) is 5.41 Å². The first-order chi connectivity index (χ1) is 32.0. The van der Waals surface area contributed by atoms with Crippen molar-refractivity contribution in [1.29, 1.82) is 0 Å². The van der Waals surface area contributed by atoms with Gasteiger partial charge in [0.05, 0.1) is 11.0 Å². The lowest BCUT2D eigenvalue weighted by atomic mass is 9.70. The zero-order chi connectivity index (χ0) is 43.5. The second-order valence-corrected chi connectivity index (χ2v) is 22.5.